The van der Waals surface area contributed by atoms with Gasteiger partial charge in [0.2, 0.25) is 5.82 Å². The zero-order valence-corrected chi connectivity index (χ0v) is 13.5. The van der Waals surface area contributed by atoms with Crippen molar-refractivity contribution in [2.24, 2.45) is 0 Å². The maximum atomic E-state index is 12.8. The van der Waals surface area contributed by atoms with Crippen molar-refractivity contribution in [3.05, 3.63) is 48.2 Å². The van der Waals surface area contributed by atoms with Gasteiger partial charge < -0.3 is 14.5 Å². The van der Waals surface area contributed by atoms with E-state index in [1.807, 2.05) is 17.0 Å². The summed E-state index contributed by atoms with van der Waals surface area (Å²) < 4.78 is 5.54. The Morgan fingerprint density at radius 3 is 2.75 bits per heavy atom. The highest BCUT2D eigenvalue weighted by atomic mass is 16.5. The Balaban J connectivity index is 1.68. The standard InChI is InChI=1S/C17H19N5O2/c1-24-14-8-13-10-21(17(23)15-18-6-3-7-19-15)9-12-4-2-5-20-16(12)22(13)11-14/h2-7,13-14H,8-11H2,1H3. The van der Waals surface area contributed by atoms with Gasteiger partial charge in [-0.1, -0.05) is 6.07 Å². The first-order valence-corrected chi connectivity index (χ1v) is 8.06. The summed E-state index contributed by atoms with van der Waals surface area (Å²) in [6, 6.07) is 5.83. The highest BCUT2D eigenvalue weighted by Gasteiger charge is 2.39. The minimum atomic E-state index is -0.145. The number of methoxy groups -OCH3 is 1. The van der Waals surface area contributed by atoms with Gasteiger partial charge >= 0.3 is 0 Å². The number of fused-ring (bicyclic) bond motifs is 3. The highest BCUT2D eigenvalue weighted by molar-refractivity contribution is 5.90. The molecule has 7 nitrogen and oxygen atoms in total. The van der Waals surface area contributed by atoms with Gasteiger partial charge in [0.25, 0.3) is 5.91 Å². The maximum absolute atomic E-state index is 12.8. The summed E-state index contributed by atoms with van der Waals surface area (Å²) in [4.78, 5) is 29.7. The van der Waals surface area contributed by atoms with Gasteiger partial charge in [-0.15, -0.1) is 0 Å². The molecule has 0 aromatic carbocycles. The Morgan fingerprint density at radius 1 is 1.17 bits per heavy atom. The van der Waals surface area contributed by atoms with Crippen LogP contribution in [0.2, 0.25) is 0 Å². The van der Waals surface area contributed by atoms with E-state index in [4.69, 9.17) is 4.74 Å². The molecule has 2 aromatic heterocycles. The van der Waals surface area contributed by atoms with Crippen LogP contribution in [0.3, 0.4) is 0 Å². The number of anilines is 1. The lowest BCUT2D eigenvalue weighted by Crippen LogP contribution is -2.40. The topological polar surface area (TPSA) is 71.5 Å². The first kappa shape index (κ1) is 15.0. The van der Waals surface area contributed by atoms with E-state index < -0.39 is 0 Å². The molecule has 1 fully saturated rings. The molecule has 2 aliphatic rings. The highest BCUT2D eigenvalue weighted by Crippen LogP contribution is 2.32. The molecule has 0 spiro atoms. The molecule has 2 aliphatic heterocycles. The normalized spacial score (nSPS) is 22.7. The van der Waals surface area contributed by atoms with Gasteiger partial charge in [-0.3, -0.25) is 4.79 Å². The van der Waals surface area contributed by atoms with Crippen LogP contribution in [0, 0.1) is 0 Å². The fraction of sp³-hybridized carbons (Fsp3) is 0.412. The third-order valence-corrected chi connectivity index (χ3v) is 4.69. The van der Waals surface area contributed by atoms with Gasteiger partial charge in [-0.2, -0.15) is 0 Å². The van der Waals surface area contributed by atoms with Gasteiger partial charge in [0.1, 0.15) is 5.82 Å². The third-order valence-electron chi connectivity index (χ3n) is 4.69. The van der Waals surface area contributed by atoms with Crippen LogP contribution < -0.4 is 4.90 Å². The number of pyridine rings is 1. The zero-order valence-electron chi connectivity index (χ0n) is 13.5. The number of aromatic nitrogens is 3. The quantitative estimate of drug-likeness (QED) is 0.824. The molecule has 0 saturated carbocycles. The Labute approximate surface area is 140 Å². The maximum Gasteiger partial charge on any atom is 0.292 e. The van der Waals surface area contributed by atoms with Crippen molar-refractivity contribution >= 4 is 11.7 Å². The van der Waals surface area contributed by atoms with Crippen molar-refractivity contribution in [2.75, 3.05) is 25.1 Å². The van der Waals surface area contributed by atoms with Crippen molar-refractivity contribution in [1.82, 2.24) is 19.9 Å². The van der Waals surface area contributed by atoms with Crippen LogP contribution in [0.5, 0.6) is 0 Å². The first-order chi connectivity index (χ1) is 11.8. The number of carbonyl (C=O) groups is 1. The van der Waals surface area contributed by atoms with Crippen LogP contribution in [0.15, 0.2) is 36.8 Å². The van der Waals surface area contributed by atoms with Gasteiger partial charge in [-0.05, 0) is 18.6 Å². The fourth-order valence-electron chi connectivity index (χ4n) is 3.52. The van der Waals surface area contributed by atoms with Crippen LogP contribution in [-0.4, -0.2) is 58.1 Å². The minimum absolute atomic E-state index is 0.145. The van der Waals surface area contributed by atoms with E-state index >= 15 is 0 Å². The van der Waals surface area contributed by atoms with E-state index in [9.17, 15) is 4.79 Å². The van der Waals surface area contributed by atoms with E-state index in [0.717, 1.165) is 24.3 Å². The van der Waals surface area contributed by atoms with Crippen LogP contribution in [0.1, 0.15) is 22.6 Å². The average molecular weight is 325 g/mol. The molecule has 0 aliphatic carbocycles. The van der Waals surface area contributed by atoms with E-state index in [1.54, 1.807) is 31.8 Å². The van der Waals surface area contributed by atoms with Crippen LogP contribution >= 0.6 is 0 Å². The van der Waals surface area contributed by atoms with Crippen LogP contribution in [0.25, 0.3) is 0 Å². The fourth-order valence-corrected chi connectivity index (χ4v) is 3.52. The van der Waals surface area contributed by atoms with E-state index in [1.165, 1.54) is 0 Å². The second kappa shape index (κ2) is 6.16. The molecule has 7 heteroatoms. The zero-order chi connectivity index (χ0) is 16.5. The van der Waals surface area contributed by atoms with Gasteiger partial charge in [0, 0.05) is 50.9 Å². The third kappa shape index (κ3) is 2.60. The number of hydrogen-bond acceptors (Lipinski definition) is 6. The van der Waals surface area contributed by atoms with Gasteiger partial charge in [0.15, 0.2) is 0 Å². The van der Waals surface area contributed by atoms with Gasteiger partial charge in [0.05, 0.1) is 12.1 Å². The summed E-state index contributed by atoms with van der Waals surface area (Å²) in [5, 5.41) is 0. The number of rotatable bonds is 2. The Kier molecular flexibility index (Phi) is 3.86. The number of carbonyl (C=O) groups excluding carboxylic acids is 1. The van der Waals surface area contributed by atoms with E-state index in [2.05, 4.69) is 19.9 Å². The first-order valence-electron chi connectivity index (χ1n) is 8.06. The molecular weight excluding hydrogens is 306 g/mol. The molecule has 0 N–H and O–H groups in total. The second-order valence-corrected chi connectivity index (χ2v) is 6.14. The predicted octanol–water partition coefficient (Wildman–Crippen LogP) is 1.12. The molecule has 2 unspecified atom stereocenters. The van der Waals surface area contributed by atoms with Crippen molar-refractivity contribution in [3.63, 3.8) is 0 Å². The lowest BCUT2D eigenvalue weighted by molar-refractivity contribution is 0.0714. The minimum Gasteiger partial charge on any atom is -0.380 e. The molecule has 4 rings (SSSR count). The van der Waals surface area contributed by atoms with E-state index in [0.29, 0.717) is 13.1 Å². The molecule has 0 bridgehead atoms. The molecular formula is C17H19N5O2. The molecule has 124 valence electrons. The summed E-state index contributed by atoms with van der Waals surface area (Å²) in [5.74, 6) is 1.04. The molecule has 1 amide bonds. The van der Waals surface area contributed by atoms with Crippen LogP contribution in [-0.2, 0) is 11.3 Å². The number of ether oxygens (including phenoxy) is 1. The van der Waals surface area contributed by atoms with Gasteiger partial charge in [-0.25, -0.2) is 15.0 Å². The molecule has 2 aromatic rings. The molecule has 0 radical (unpaired) electrons. The number of nitrogens with zero attached hydrogens (tertiary/aromatic N) is 5. The lowest BCUT2D eigenvalue weighted by Gasteiger charge is -2.26. The largest absolute Gasteiger partial charge is 0.380 e. The summed E-state index contributed by atoms with van der Waals surface area (Å²) in [7, 11) is 1.73. The summed E-state index contributed by atoms with van der Waals surface area (Å²) in [5.41, 5.74) is 1.04. The smallest absolute Gasteiger partial charge is 0.292 e. The van der Waals surface area contributed by atoms with Crippen molar-refractivity contribution in [3.8, 4) is 0 Å². The number of hydrogen-bond donors (Lipinski definition) is 0. The predicted molar refractivity (Wildman–Crippen MR) is 87.6 cm³/mol. The monoisotopic (exact) mass is 325 g/mol. The molecule has 2 atom stereocenters. The lowest BCUT2D eigenvalue weighted by atomic mass is 10.2. The molecule has 24 heavy (non-hydrogen) atoms. The second-order valence-electron chi connectivity index (χ2n) is 6.14. The average Bonchev–Trinajstić information content (AvgIpc) is 2.98. The summed E-state index contributed by atoms with van der Waals surface area (Å²) in [6.07, 6.45) is 6.03. The van der Waals surface area contributed by atoms with E-state index in [-0.39, 0.29) is 23.9 Å². The Morgan fingerprint density at radius 2 is 1.96 bits per heavy atom. The van der Waals surface area contributed by atoms with Crippen molar-refractivity contribution < 1.29 is 9.53 Å². The van der Waals surface area contributed by atoms with Crippen molar-refractivity contribution in [1.29, 1.82) is 0 Å². The summed E-state index contributed by atoms with van der Waals surface area (Å²) >= 11 is 0. The van der Waals surface area contributed by atoms with Crippen molar-refractivity contribution in [2.45, 2.75) is 25.1 Å². The van der Waals surface area contributed by atoms with Crippen LogP contribution in [0.4, 0.5) is 5.82 Å². The Bertz CT molecular complexity index is 739. The summed E-state index contributed by atoms with van der Waals surface area (Å²) in [6.45, 7) is 1.94. The molecule has 4 heterocycles. The SMILES string of the molecule is COC1CC2CN(C(=O)c3ncccn3)Cc3cccnc3N2C1. The number of amides is 1. The molecule has 1 saturated heterocycles. The Hall–Kier alpha value is -2.54.